The standard InChI is InChI=1S/C18H17N3O3/c1-2-19-16(22)11-24-13-7-5-6-12(10-13)17-20-15-9-4-3-8-14(15)18(23)21-17/h3-10H,2,11H2,1H3,(H,19,22)(H,20,21,23). The van der Waals surface area contributed by atoms with E-state index in [1.165, 1.54) is 0 Å². The fourth-order valence-corrected chi connectivity index (χ4v) is 2.35. The number of aromatic nitrogens is 2. The van der Waals surface area contributed by atoms with Gasteiger partial charge in [-0.2, -0.15) is 0 Å². The quantitative estimate of drug-likeness (QED) is 0.753. The number of benzene rings is 2. The van der Waals surface area contributed by atoms with Crippen LogP contribution in [0.2, 0.25) is 0 Å². The van der Waals surface area contributed by atoms with Crippen LogP contribution < -0.4 is 15.6 Å². The average Bonchev–Trinajstić information content (AvgIpc) is 2.60. The molecule has 3 rings (SSSR count). The van der Waals surface area contributed by atoms with E-state index in [0.717, 1.165) is 0 Å². The van der Waals surface area contributed by atoms with Gasteiger partial charge < -0.3 is 15.0 Å². The Bertz CT molecular complexity index is 934. The Hall–Kier alpha value is -3.15. The summed E-state index contributed by atoms with van der Waals surface area (Å²) in [6.07, 6.45) is 0. The molecule has 0 aliphatic carbocycles. The van der Waals surface area contributed by atoms with Gasteiger partial charge in [-0.1, -0.05) is 24.3 Å². The van der Waals surface area contributed by atoms with Gasteiger partial charge in [-0.15, -0.1) is 0 Å². The number of ether oxygens (including phenoxy) is 1. The molecule has 0 saturated carbocycles. The lowest BCUT2D eigenvalue weighted by atomic mass is 10.2. The van der Waals surface area contributed by atoms with Gasteiger partial charge in [0.2, 0.25) is 0 Å². The van der Waals surface area contributed by atoms with Gasteiger partial charge in [-0.05, 0) is 31.2 Å². The van der Waals surface area contributed by atoms with Gasteiger partial charge >= 0.3 is 0 Å². The summed E-state index contributed by atoms with van der Waals surface area (Å²) in [6.45, 7) is 2.35. The number of rotatable bonds is 5. The largest absolute Gasteiger partial charge is 0.484 e. The van der Waals surface area contributed by atoms with E-state index in [-0.39, 0.29) is 18.1 Å². The molecule has 3 aromatic rings. The van der Waals surface area contributed by atoms with Crippen LogP contribution in [-0.4, -0.2) is 29.0 Å². The first-order valence-corrected chi connectivity index (χ1v) is 7.66. The third kappa shape index (κ3) is 3.43. The monoisotopic (exact) mass is 323 g/mol. The fraction of sp³-hybridized carbons (Fsp3) is 0.167. The highest BCUT2D eigenvalue weighted by atomic mass is 16.5. The number of amides is 1. The van der Waals surface area contributed by atoms with Crippen LogP contribution in [0.25, 0.3) is 22.3 Å². The van der Waals surface area contributed by atoms with Crippen LogP contribution >= 0.6 is 0 Å². The molecule has 0 aliphatic heterocycles. The second-order valence-corrected chi connectivity index (χ2v) is 5.20. The Morgan fingerprint density at radius 1 is 1.21 bits per heavy atom. The van der Waals surface area contributed by atoms with Gasteiger partial charge in [0.25, 0.3) is 11.5 Å². The summed E-state index contributed by atoms with van der Waals surface area (Å²) in [5, 5.41) is 3.21. The Morgan fingerprint density at radius 3 is 2.88 bits per heavy atom. The zero-order valence-corrected chi connectivity index (χ0v) is 13.2. The van der Waals surface area contributed by atoms with E-state index in [1.54, 1.807) is 36.4 Å². The summed E-state index contributed by atoms with van der Waals surface area (Å²) in [7, 11) is 0. The second-order valence-electron chi connectivity index (χ2n) is 5.20. The van der Waals surface area contributed by atoms with Crippen molar-refractivity contribution in [2.45, 2.75) is 6.92 Å². The van der Waals surface area contributed by atoms with E-state index < -0.39 is 0 Å². The van der Waals surface area contributed by atoms with Crippen LogP contribution in [-0.2, 0) is 4.79 Å². The normalized spacial score (nSPS) is 10.5. The Morgan fingerprint density at radius 2 is 2.04 bits per heavy atom. The molecule has 0 saturated heterocycles. The number of nitrogens with one attached hydrogen (secondary N) is 2. The van der Waals surface area contributed by atoms with E-state index in [4.69, 9.17) is 4.74 Å². The lowest BCUT2D eigenvalue weighted by Gasteiger charge is -2.08. The number of para-hydroxylation sites is 1. The molecule has 122 valence electrons. The molecule has 0 unspecified atom stereocenters. The maximum atomic E-state index is 12.2. The maximum absolute atomic E-state index is 12.2. The van der Waals surface area contributed by atoms with Crippen molar-refractivity contribution in [2.24, 2.45) is 0 Å². The molecule has 0 fully saturated rings. The van der Waals surface area contributed by atoms with E-state index in [0.29, 0.717) is 34.6 Å². The molecule has 1 aromatic heterocycles. The lowest BCUT2D eigenvalue weighted by molar-refractivity contribution is -0.122. The van der Waals surface area contributed by atoms with Gasteiger partial charge in [0.15, 0.2) is 6.61 Å². The zero-order valence-electron chi connectivity index (χ0n) is 13.2. The minimum absolute atomic E-state index is 0.0566. The van der Waals surface area contributed by atoms with Crippen LogP contribution in [0.1, 0.15) is 6.92 Å². The summed E-state index contributed by atoms with van der Waals surface area (Å²) in [6, 6.07) is 14.3. The van der Waals surface area contributed by atoms with Crippen molar-refractivity contribution in [3.8, 4) is 17.1 Å². The molecule has 2 N–H and O–H groups in total. The fourth-order valence-electron chi connectivity index (χ4n) is 2.35. The Balaban J connectivity index is 1.89. The first kappa shape index (κ1) is 15.7. The molecule has 6 nitrogen and oxygen atoms in total. The number of hydrogen-bond donors (Lipinski definition) is 2. The molecule has 0 spiro atoms. The van der Waals surface area contributed by atoms with Crippen molar-refractivity contribution < 1.29 is 9.53 Å². The van der Waals surface area contributed by atoms with Crippen molar-refractivity contribution in [3.63, 3.8) is 0 Å². The molecule has 1 heterocycles. The SMILES string of the molecule is CCNC(=O)COc1cccc(-c2nc3ccccc3c(=O)[nH]2)c1. The second kappa shape index (κ2) is 6.95. The third-order valence-corrected chi connectivity index (χ3v) is 3.46. The molecule has 0 atom stereocenters. The van der Waals surface area contributed by atoms with E-state index in [9.17, 15) is 9.59 Å². The number of fused-ring (bicyclic) bond motifs is 1. The number of aromatic amines is 1. The van der Waals surface area contributed by atoms with Gasteiger partial charge in [0.1, 0.15) is 11.6 Å². The topological polar surface area (TPSA) is 84.1 Å². The number of carbonyl (C=O) groups is 1. The summed E-state index contributed by atoms with van der Waals surface area (Å²) in [4.78, 5) is 30.9. The Kier molecular flexibility index (Phi) is 4.56. The van der Waals surface area contributed by atoms with Crippen LogP contribution in [0, 0.1) is 0 Å². The van der Waals surface area contributed by atoms with Gasteiger partial charge in [-0.25, -0.2) is 4.98 Å². The van der Waals surface area contributed by atoms with E-state index >= 15 is 0 Å². The number of carbonyl (C=O) groups excluding carboxylic acids is 1. The van der Waals surface area contributed by atoms with Crippen molar-refractivity contribution in [2.75, 3.05) is 13.2 Å². The van der Waals surface area contributed by atoms with Gasteiger partial charge in [0.05, 0.1) is 10.9 Å². The number of H-pyrrole nitrogens is 1. The highest BCUT2D eigenvalue weighted by Crippen LogP contribution is 2.21. The molecule has 0 aliphatic rings. The predicted octanol–water partition coefficient (Wildman–Crippen LogP) is 2.10. The molecule has 0 bridgehead atoms. The molecule has 2 aromatic carbocycles. The van der Waals surface area contributed by atoms with Gasteiger partial charge in [0, 0.05) is 12.1 Å². The highest BCUT2D eigenvalue weighted by Gasteiger charge is 2.07. The molecule has 0 radical (unpaired) electrons. The molecule has 6 heteroatoms. The first-order valence-electron chi connectivity index (χ1n) is 7.66. The number of nitrogens with zero attached hydrogens (tertiary/aromatic N) is 1. The molecule has 1 amide bonds. The summed E-state index contributed by atoms with van der Waals surface area (Å²) in [5.41, 5.74) is 1.15. The Labute approximate surface area is 138 Å². The molecule has 24 heavy (non-hydrogen) atoms. The predicted molar refractivity (Wildman–Crippen MR) is 92.0 cm³/mol. The zero-order chi connectivity index (χ0) is 16.9. The minimum Gasteiger partial charge on any atom is -0.484 e. The third-order valence-electron chi connectivity index (χ3n) is 3.46. The number of hydrogen-bond acceptors (Lipinski definition) is 4. The van der Waals surface area contributed by atoms with Gasteiger partial charge in [-0.3, -0.25) is 9.59 Å². The van der Waals surface area contributed by atoms with Crippen LogP contribution in [0.3, 0.4) is 0 Å². The van der Waals surface area contributed by atoms with E-state index in [2.05, 4.69) is 15.3 Å². The van der Waals surface area contributed by atoms with Crippen molar-refractivity contribution in [3.05, 3.63) is 58.9 Å². The lowest BCUT2D eigenvalue weighted by Crippen LogP contribution is -2.28. The van der Waals surface area contributed by atoms with Crippen molar-refractivity contribution in [1.82, 2.24) is 15.3 Å². The summed E-state index contributed by atoms with van der Waals surface area (Å²) >= 11 is 0. The van der Waals surface area contributed by atoms with Crippen molar-refractivity contribution in [1.29, 1.82) is 0 Å². The average molecular weight is 323 g/mol. The van der Waals surface area contributed by atoms with Crippen LogP contribution in [0.5, 0.6) is 5.75 Å². The van der Waals surface area contributed by atoms with E-state index in [1.807, 2.05) is 19.1 Å². The smallest absolute Gasteiger partial charge is 0.259 e. The van der Waals surface area contributed by atoms with Crippen LogP contribution in [0.4, 0.5) is 0 Å². The van der Waals surface area contributed by atoms with Crippen LogP contribution in [0.15, 0.2) is 53.3 Å². The maximum Gasteiger partial charge on any atom is 0.259 e. The van der Waals surface area contributed by atoms with Crippen molar-refractivity contribution >= 4 is 16.8 Å². The summed E-state index contributed by atoms with van der Waals surface area (Å²) < 4.78 is 5.47. The highest BCUT2D eigenvalue weighted by molar-refractivity contribution is 5.79. The summed E-state index contributed by atoms with van der Waals surface area (Å²) in [5.74, 6) is 0.817. The molecular weight excluding hydrogens is 306 g/mol. The minimum atomic E-state index is -0.191. The first-order chi connectivity index (χ1) is 11.7. The number of likely N-dealkylation sites (N-methyl/N-ethyl adjacent to an activating group) is 1. The molecular formula is C18H17N3O3.